The summed E-state index contributed by atoms with van der Waals surface area (Å²) < 4.78 is 1.37. The van der Waals surface area contributed by atoms with Crippen molar-refractivity contribution in [1.29, 1.82) is 0 Å². The largest absolute Gasteiger partial charge is 0.350 e. The fraction of sp³-hybridized carbons (Fsp3) is 0.125. The van der Waals surface area contributed by atoms with Crippen molar-refractivity contribution in [2.24, 2.45) is 0 Å². The highest BCUT2D eigenvalue weighted by atomic mass is 32.1. The summed E-state index contributed by atoms with van der Waals surface area (Å²) in [7, 11) is 0. The van der Waals surface area contributed by atoms with E-state index in [1.165, 1.54) is 4.68 Å². The number of rotatable bonds is 6. The number of nitrogens with one attached hydrogen (secondary N) is 2. The minimum Gasteiger partial charge on any atom is -0.350 e. The summed E-state index contributed by atoms with van der Waals surface area (Å²) >= 11 is 1.62. The molecule has 7 heteroatoms. The van der Waals surface area contributed by atoms with Crippen LogP contribution >= 0.6 is 11.3 Å². The second-order valence-electron chi connectivity index (χ2n) is 7.44. The molecule has 31 heavy (non-hydrogen) atoms. The second-order valence-corrected chi connectivity index (χ2v) is 8.47. The zero-order valence-corrected chi connectivity index (χ0v) is 17.6. The molecule has 2 aromatic carbocycles. The van der Waals surface area contributed by atoms with Crippen LogP contribution < -0.4 is 10.7 Å². The van der Waals surface area contributed by atoms with Crippen LogP contribution in [0, 0.1) is 0 Å². The van der Waals surface area contributed by atoms with E-state index in [9.17, 15) is 9.59 Å². The Morgan fingerprint density at radius 1 is 0.968 bits per heavy atom. The Morgan fingerprint density at radius 3 is 2.58 bits per heavy atom. The summed E-state index contributed by atoms with van der Waals surface area (Å²) in [5, 5.41) is 6.81. The fourth-order valence-electron chi connectivity index (χ4n) is 3.80. The number of hydrogen-bond donors (Lipinski definition) is 1. The molecule has 2 N–H and O–H groups in total. The molecule has 0 spiro atoms. The Hall–Kier alpha value is -3.71. The second kappa shape index (κ2) is 8.20. The number of benzene rings is 2. The first-order valence-electron chi connectivity index (χ1n) is 10.0. The van der Waals surface area contributed by atoms with Crippen LogP contribution in [-0.4, -0.2) is 20.5 Å². The van der Waals surface area contributed by atoms with Crippen LogP contribution in [-0.2, 0) is 24.4 Å². The van der Waals surface area contributed by atoms with E-state index in [4.69, 9.17) is 0 Å². The molecule has 0 bridgehead atoms. The summed E-state index contributed by atoms with van der Waals surface area (Å²) in [6.07, 6.45) is 1.78. The molecule has 3 heterocycles. The lowest BCUT2D eigenvalue weighted by atomic mass is 10.2. The highest BCUT2D eigenvalue weighted by Gasteiger charge is 2.20. The molecule has 1 amide bonds. The first-order chi connectivity index (χ1) is 15.2. The van der Waals surface area contributed by atoms with Gasteiger partial charge in [0.15, 0.2) is 6.54 Å². The van der Waals surface area contributed by atoms with Gasteiger partial charge in [-0.1, -0.05) is 54.6 Å². The van der Waals surface area contributed by atoms with Gasteiger partial charge in [-0.25, -0.2) is 0 Å². The number of nitrogens with zero attached hydrogens (tertiary/aromatic N) is 2. The number of H-pyrrole nitrogens is 2. The molecule has 3 aromatic heterocycles. The summed E-state index contributed by atoms with van der Waals surface area (Å²) in [6, 6.07) is 21.7. The lowest BCUT2D eigenvalue weighted by Gasteiger charge is -2.22. The Balaban J connectivity index is 1.45. The quantitative estimate of drug-likeness (QED) is 0.448. The van der Waals surface area contributed by atoms with E-state index in [1.807, 2.05) is 72.1 Å². The van der Waals surface area contributed by atoms with Gasteiger partial charge in [-0.2, -0.15) is 0 Å². The van der Waals surface area contributed by atoms with Crippen molar-refractivity contribution in [1.82, 2.24) is 14.6 Å². The molecule has 154 valence electrons. The normalized spacial score (nSPS) is 11.2. The van der Waals surface area contributed by atoms with Gasteiger partial charge in [-0.15, -0.1) is 21.1 Å². The van der Waals surface area contributed by atoms with Gasteiger partial charge >= 0.3 is 5.56 Å². The average Bonchev–Trinajstić information content (AvgIpc) is 3.44. The monoisotopic (exact) mass is 429 g/mol. The standard InChI is InChI=1S/C24H20N4O2S/c29-22(27(15-18-9-6-12-31-18)14-17-7-2-1-3-8-17)16-28-24(30)23-20(13-25-28)19-10-4-5-11-21(19)26-23/h1-13,26H,14-16H2/p+1. The molecule has 0 atom stereocenters. The summed E-state index contributed by atoms with van der Waals surface area (Å²) in [6.45, 7) is 0.943. The third-order valence-electron chi connectivity index (χ3n) is 5.36. The number of hydrogen-bond acceptors (Lipinski definition) is 3. The van der Waals surface area contributed by atoms with Gasteiger partial charge in [0.25, 0.3) is 0 Å². The Labute approximate surface area is 182 Å². The number of amides is 1. The van der Waals surface area contributed by atoms with Crippen molar-refractivity contribution in [2.75, 3.05) is 0 Å². The predicted molar refractivity (Wildman–Crippen MR) is 122 cm³/mol. The number of fused-ring (bicyclic) bond motifs is 3. The van der Waals surface area contributed by atoms with Gasteiger partial charge in [0.2, 0.25) is 12.1 Å². The number of aromatic nitrogens is 3. The molecule has 6 nitrogen and oxygen atoms in total. The van der Waals surface area contributed by atoms with E-state index in [0.29, 0.717) is 18.6 Å². The molecule has 0 radical (unpaired) electrons. The lowest BCUT2D eigenvalue weighted by molar-refractivity contribution is -0.494. The smallest absolute Gasteiger partial charge is 0.325 e. The number of aromatic amines is 2. The zero-order chi connectivity index (χ0) is 21.2. The van der Waals surface area contributed by atoms with E-state index in [1.54, 1.807) is 22.4 Å². The average molecular weight is 430 g/mol. The topological polar surface area (TPSA) is 72.2 Å². The molecule has 0 saturated heterocycles. The van der Waals surface area contributed by atoms with Crippen molar-refractivity contribution in [3.8, 4) is 0 Å². The molecular weight excluding hydrogens is 408 g/mol. The van der Waals surface area contributed by atoms with Crippen LogP contribution in [0.1, 0.15) is 10.4 Å². The molecular formula is C24H21N4O2S+. The van der Waals surface area contributed by atoms with Gasteiger partial charge < -0.3 is 9.88 Å². The Morgan fingerprint density at radius 2 is 1.77 bits per heavy atom. The third-order valence-corrected chi connectivity index (χ3v) is 6.22. The van der Waals surface area contributed by atoms with Crippen molar-refractivity contribution >= 4 is 39.0 Å². The van der Waals surface area contributed by atoms with E-state index in [0.717, 1.165) is 26.7 Å². The van der Waals surface area contributed by atoms with Crippen LogP contribution in [0.2, 0.25) is 0 Å². The minimum absolute atomic E-state index is 0.0532. The zero-order valence-electron chi connectivity index (χ0n) is 16.7. The number of para-hydroxylation sites is 1. The first kappa shape index (κ1) is 19.3. The van der Waals surface area contributed by atoms with Crippen molar-refractivity contribution in [2.45, 2.75) is 19.6 Å². The molecule has 0 aliphatic heterocycles. The molecule has 0 aliphatic carbocycles. The third kappa shape index (κ3) is 3.87. The summed E-state index contributed by atoms with van der Waals surface area (Å²) in [5.41, 5.74) is 2.21. The first-order valence-corrected chi connectivity index (χ1v) is 10.9. The number of carbonyl (C=O) groups excluding carboxylic acids is 1. The van der Waals surface area contributed by atoms with E-state index >= 15 is 0 Å². The van der Waals surface area contributed by atoms with Crippen LogP contribution in [0.15, 0.2) is 83.1 Å². The van der Waals surface area contributed by atoms with E-state index in [-0.39, 0.29) is 18.0 Å². The van der Waals surface area contributed by atoms with Crippen molar-refractivity contribution in [3.05, 3.63) is 99.1 Å². The SMILES string of the molecule is O=C(Cn1[nH+]cc2c([nH]c3ccccc32)c1=O)N(Cc1ccccc1)Cc1cccs1. The Kier molecular flexibility index (Phi) is 5.09. The molecule has 0 saturated carbocycles. The Bertz CT molecular complexity index is 1400. The molecule has 5 aromatic rings. The van der Waals surface area contributed by atoms with Crippen LogP contribution in [0.3, 0.4) is 0 Å². The molecule has 0 unspecified atom stereocenters. The fourth-order valence-corrected chi connectivity index (χ4v) is 4.52. The summed E-state index contributed by atoms with van der Waals surface area (Å²) in [5.74, 6) is -0.119. The highest BCUT2D eigenvalue weighted by molar-refractivity contribution is 7.09. The van der Waals surface area contributed by atoms with Gasteiger partial charge in [-0.3, -0.25) is 9.59 Å². The van der Waals surface area contributed by atoms with E-state index in [2.05, 4.69) is 10.1 Å². The van der Waals surface area contributed by atoms with Gasteiger partial charge in [0.1, 0.15) is 5.52 Å². The number of carbonyl (C=O) groups is 1. The maximum Gasteiger partial charge on any atom is 0.325 e. The highest BCUT2D eigenvalue weighted by Crippen LogP contribution is 2.21. The van der Waals surface area contributed by atoms with Crippen molar-refractivity contribution in [3.63, 3.8) is 0 Å². The minimum atomic E-state index is -0.238. The maximum absolute atomic E-state index is 13.2. The molecule has 0 aliphatic rings. The maximum atomic E-state index is 13.2. The lowest BCUT2D eigenvalue weighted by Crippen LogP contribution is -2.42. The van der Waals surface area contributed by atoms with Crippen LogP contribution in [0.5, 0.6) is 0 Å². The van der Waals surface area contributed by atoms with Crippen LogP contribution in [0.25, 0.3) is 21.8 Å². The predicted octanol–water partition coefficient (Wildman–Crippen LogP) is 3.59. The molecule has 5 rings (SSSR count). The van der Waals surface area contributed by atoms with Gasteiger partial charge in [-0.05, 0) is 23.1 Å². The van der Waals surface area contributed by atoms with Gasteiger partial charge in [0.05, 0.1) is 11.9 Å². The van der Waals surface area contributed by atoms with Crippen molar-refractivity contribution < 1.29 is 9.89 Å². The van der Waals surface area contributed by atoms with E-state index < -0.39 is 0 Å². The van der Waals surface area contributed by atoms with Gasteiger partial charge in [0, 0.05) is 22.3 Å². The summed E-state index contributed by atoms with van der Waals surface area (Å²) in [4.78, 5) is 32.4. The van der Waals surface area contributed by atoms with Crippen LogP contribution in [0.4, 0.5) is 0 Å². The number of thiophene rings is 1. The molecule has 0 fully saturated rings.